The predicted molar refractivity (Wildman–Crippen MR) is 98.2 cm³/mol. The SMILES string of the molecule is Cc1cc(C(=O)NNC(=O)C2CCCN(Cc3ccccc3)C2)c(C)o1. The normalized spacial score (nSPS) is 17.7. The summed E-state index contributed by atoms with van der Waals surface area (Å²) in [6.45, 7) is 6.03. The second-order valence-corrected chi connectivity index (χ2v) is 6.83. The van der Waals surface area contributed by atoms with E-state index in [0.717, 1.165) is 25.9 Å². The van der Waals surface area contributed by atoms with E-state index in [4.69, 9.17) is 4.42 Å². The number of hydrogen-bond acceptors (Lipinski definition) is 4. The van der Waals surface area contributed by atoms with Crippen LogP contribution in [0.15, 0.2) is 40.8 Å². The number of nitrogens with one attached hydrogen (secondary N) is 2. The molecule has 1 aromatic carbocycles. The van der Waals surface area contributed by atoms with Gasteiger partial charge in [-0.05, 0) is 44.9 Å². The Bertz CT molecular complexity index is 770. The van der Waals surface area contributed by atoms with E-state index in [-0.39, 0.29) is 17.7 Å². The van der Waals surface area contributed by atoms with Gasteiger partial charge in [0, 0.05) is 13.1 Å². The van der Waals surface area contributed by atoms with Crippen LogP contribution >= 0.6 is 0 Å². The number of furan rings is 1. The molecule has 138 valence electrons. The van der Waals surface area contributed by atoms with Gasteiger partial charge in [-0.2, -0.15) is 0 Å². The van der Waals surface area contributed by atoms with Crippen molar-refractivity contribution in [3.05, 3.63) is 59.0 Å². The van der Waals surface area contributed by atoms with Crippen LogP contribution in [0, 0.1) is 19.8 Å². The number of piperidine rings is 1. The molecule has 2 N–H and O–H groups in total. The molecule has 2 heterocycles. The van der Waals surface area contributed by atoms with Crippen molar-refractivity contribution >= 4 is 11.8 Å². The number of carbonyl (C=O) groups excluding carboxylic acids is 2. The van der Waals surface area contributed by atoms with Gasteiger partial charge in [-0.25, -0.2) is 0 Å². The first-order valence-electron chi connectivity index (χ1n) is 8.96. The third kappa shape index (κ3) is 4.52. The quantitative estimate of drug-likeness (QED) is 0.827. The van der Waals surface area contributed by atoms with Gasteiger partial charge in [-0.1, -0.05) is 30.3 Å². The Hall–Kier alpha value is -2.60. The molecular formula is C20H25N3O3. The van der Waals surface area contributed by atoms with Crippen LogP contribution in [0.3, 0.4) is 0 Å². The fraction of sp³-hybridized carbons (Fsp3) is 0.400. The van der Waals surface area contributed by atoms with Crippen molar-refractivity contribution in [1.29, 1.82) is 0 Å². The van der Waals surface area contributed by atoms with E-state index >= 15 is 0 Å². The number of likely N-dealkylation sites (tertiary alicyclic amines) is 1. The van der Waals surface area contributed by atoms with Gasteiger partial charge in [0.25, 0.3) is 5.91 Å². The zero-order valence-electron chi connectivity index (χ0n) is 15.2. The fourth-order valence-corrected chi connectivity index (χ4v) is 3.40. The van der Waals surface area contributed by atoms with Gasteiger partial charge in [0.15, 0.2) is 0 Å². The average Bonchev–Trinajstić information content (AvgIpc) is 2.99. The topological polar surface area (TPSA) is 74.6 Å². The number of hydrazine groups is 1. The lowest BCUT2D eigenvalue weighted by molar-refractivity contribution is -0.127. The molecule has 1 saturated heterocycles. The third-order valence-electron chi connectivity index (χ3n) is 4.71. The minimum atomic E-state index is -0.357. The lowest BCUT2D eigenvalue weighted by atomic mass is 9.97. The van der Waals surface area contributed by atoms with Crippen molar-refractivity contribution in [2.75, 3.05) is 13.1 Å². The number of benzene rings is 1. The van der Waals surface area contributed by atoms with Gasteiger partial charge in [-0.3, -0.25) is 25.3 Å². The lowest BCUT2D eigenvalue weighted by Gasteiger charge is -2.32. The molecular weight excluding hydrogens is 330 g/mol. The molecule has 0 radical (unpaired) electrons. The smallest absolute Gasteiger partial charge is 0.273 e. The molecule has 6 heteroatoms. The highest BCUT2D eigenvalue weighted by atomic mass is 16.3. The van der Waals surface area contributed by atoms with E-state index < -0.39 is 0 Å². The Labute approximate surface area is 153 Å². The van der Waals surface area contributed by atoms with Crippen molar-refractivity contribution in [2.45, 2.75) is 33.2 Å². The summed E-state index contributed by atoms with van der Waals surface area (Å²) in [4.78, 5) is 26.9. The highest BCUT2D eigenvalue weighted by Gasteiger charge is 2.26. The van der Waals surface area contributed by atoms with Crippen molar-refractivity contribution in [2.24, 2.45) is 5.92 Å². The molecule has 0 saturated carbocycles. The van der Waals surface area contributed by atoms with Gasteiger partial charge in [-0.15, -0.1) is 0 Å². The maximum atomic E-state index is 12.4. The van der Waals surface area contributed by atoms with Gasteiger partial charge in [0.05, 0.1) is 11.5 Å². The summed E-state index contributed by atoms with van der Waals surface area (Å²) in [5.74, 6) is 0.586. The fourth-order valence-electron chi connectivity index (χ4n) is 3.40. The first kappa shape index (κ1) is 18.2. The molecule has 2 amide bonds. The van der Waals surface area contributed by atoms with E-state index in [1.807, 2.05) is 18.2 Å². The first-order chi connectivity index (χ1) is 12.5. The van der Waals surface area contributed by atoms with Crippen LogP contribution in [0.1, 0.15) is 40.3 Å². The number of aryl methyl sites for hydroxylation is 2. The van der Waals surface area contributed by atoms with E-state index in [1.54, 1.807) is 19.9 Å². The zero-order chi connectivity index (χ0) is 18.5. The molecule has 2 aromatic rings. The summed E-state index contributed by atoms with van der Waals surface area (Å²) in [6, 6.07) is 11.9. The summed E-state index contributed by atoms with van der Waals surface area (Å²) in [7, 11) is 0. The average molecular weight is 355 g/mol. The van der Waals surface area contributed by atoms with E-state index in [1.165, 1.54) is 5.56 Å². The summed E-state index contributed by atoms with van der Waals surface area (Å²) in [6.07, 6.45) is 1.80. The standard InChI is InChI=1S/C20H25N3O3/c1-14-11-18(15(2)26-14)20(25)22-21-19(24)17-9-6-10-23(13-17)12-16-7-4-3-5-8-16/h3-5,7-8,11,17H,6,9-10,12-13H2,1-2H3,(H,21,24)(H,22,25). The highest BCUT2D eigenvalue weighted by Crippen LogP contribution is 2.19. The minimum Gasteiger partial charge on any atom is -0.466 e. The molecule has 6 nitrogen and oxygen atoms in total. The van der Waals surface area contributed by atoms with Crippen LogP contribution in [-0.2, 0) is 11.3 Å². The molecule has 1 fully saturated rings. The van der Waals surface area contributed by atoms with Crippen molar-refractivity contribution in [1.82, 2.24) is 15.8 Å². The maximum absolute atomic E-state index is 12.4. The Morgan fingerprint density at radius 1 is 1.19 bits per heavy atom. The van der Waals surface area contributed by atoms with E-state index in [0.29, 0.717) is 23.6 Å². The minimum absolute atomic E-state index is 0.125. The van der Waals surface area contributed by atoms with Gasteiger partial charge in [0.1, 0.15) is 11.5 Å². The first-order valence-corrected chi connectivity index (χ1v) is 8.96. The highest BCUT2D eigenvalue weighted by molar-refractivity contribution is 5.96. The molecule has 1 unspecified atom stereocenters. The van der Waals surface area contributed by atoms with Gasteiger partial charge in [0.2, 0.25) is 5.91 Å². The van der Waals surface area contributed by atoms with Crippen LogP contribution in [0.5, 0.6) is 0 Å². The van der Waals surface area contributed by atoms with Crippen molar-refractivity contribution in [3.8, 4) is 0 Å². The Morgan fingerprint density at radius 2 is 1.96 bits per heavy atom. The lowest BCUT2D eigenvalue weighted by Crippen LogP contribution is -2.48. The molecule has 0 spiro atoms. The largest absolute Gasteiger partial charge is 0.466 e. The monoisotopic (exact) mass is 355 g/mol. The van der Waals surface area contributed by atoms with Crippen LogP contribution in [0.4, 0.5) is 0 Å². The Morgan fingerprint density at radius 3 is 2.65 bits per heavy atom. The van der Waals surface area contributed by atoms with Crippen molar-refractivity contribution < 1.29 is 14.0 Å². The molecule has 1 aliphatic rings. The van der Waals surface area contributed by atoms with Gasteiger partial charge < -0.3 is 4.42 Å². The summed E-state index contributed by atoms with van der Waals surface area (Å²) >= 11 is 0. The summed E-state index contributed by atoms with van der Waals surface area (Å²) in [5, 5.41) is 0. The molecule has 1 aliphatic heterocycles. The Balaban J connectivity index is 1.51. The summed E-state index contributed by atoms with van der Waals surface area (Å²) < 4.78 is 5.35. The second kappa shape index (κ2) is 8.19. The summed E-state index contributed by atoms with van der Waals surface area (Å²) in [5.41, 5.74) is 6.75. The molecule has 1 atom stereocenters. The number of amides is 2. The second-order valence-electron chi connectivity index (χ2n) is 6.83. The Kier molecular flexibility index (Phi) is 5.73. The van der Waals surface area contributed by atoms with Gasteiger partial charge >= 0.3 is 0 Å². The molecule has 26 heavy (non-hydrogen) atoms. The van der Waals surface area contributed by atoms with Crippen LogP contribution in [0.25, 0.3) is 0 Å². The van der Waals surface area contributed by atoms with Crippen LogP contribution < -0.4 is 10.9 Å². The molecule has 0 aliphatic carbocycles. The number of carbonyl (C=O) groups is 2. The number of hydrogen-bond donors (Lipinski definition) is 2. The van der Waals surface area contributed by atoms with Crippen molar-refractivity contribution in [3.63, 3.8) is 0 Å². The number of nitrogens with zero attached hydrogens (tertiary/aromatic N) is 1. The van der Waals surface area contributed by atoms with Crippen LogP contribution in [0.2, 0.25) is 0 Å². The van der Waals surface area contributed by atoms with E-state index in [9.17, 15) is 9.59 Å². The predicted octanol–water partition coefficient (Wildman–Crippen LogP) is 2.57. The van der Waals surface area contributed by atoms with E-state index in [2.05, 4.69) is 27.9 Å². The zero-order valence-corrected chi connectivity index (χ0v) is 15.2. The van der Waals surface area contributed by atoms with Crippen LogP contribution in [-0.4, -0.2) is 29.8 Å². The molecule has 3 rings (SSSR count). The molecule has 1 aromatic heterocycles. The third-order valence-corrected chi connectivity index (χ3v) is 4.71. The molecule has 0 bridgehead atoms. The maximum Gasteiger partial charge on any atom is 0.273 e. The number of rotatable bonds is 4.